The third-order valence-electron chi connectivity index (χ3n) is 4.57. The average molecular weight is 342 g/mol. The third-order valence-corrected chi connectivity index (χ3v) is 4.57. The maximum Gasteiger partial charge on any atom is 0.228 e. The Morgan fingerprint density at radius 3 is 2.56 bits per heavy atom. The Morgan fingerprint density at radius 1 is 1.20 bits per heavy atom. The van der Waals surface area contributed by atoms with Gasteiger partial charge in [0.15, 0.2) is 0 Å². The summed E-state index contributed by atoms with van der Waals surface area (Å²) in [6, 6.07) is 3.76. The first-order valence-electron chi connectivity index (χ1n) is 9.00. The van der Waals surface area contributed by atoms with Crippen molar-refractivity contribution in [3.05, 3.63) is 24.0 Å². The van der Waals surface area contributed by atoms with Gasteiger partial charge in [-0.15, -0.1) is 0 Å². The number of aromatic nitrogens is 2. The Balaban J connectivity index is 2.06. The average Bonchev–Trinajstić information content (AvgIpc) is 2.61. The molecular weight excluding hydrogens is 316 g/mol. The number of fused-ring (bicyclic) bond motifs is 1. The first-order chi connectivity index (χ1) is 12.0. The number of nitrogens with one attached hydrogen (secondary N) is 1. The van der Waals surface area contributed by atoms with Crippen LogP contribution in [0.15, 0.2) is 18.3 Å². The minimum absolute atomic E-state index is 0.0556. The zero-order valence-corrected chi connectivity index (χ0v) is 15.1. The number of carbonyl (C=O) groups is 1. The molecule has 1 amide bonds. The number of hydrogen-bond acceptors (Lipinski definition) is 5. The van der Waals surface area contributed by atoms with Gasteiger partial charge in [0.05, 0.1) is 11.8 Å². The highest BCUT2D eigenvalue weighted by Crippen LogP contribution is 2.31. The normalized spacial score (nSPS) is 16.3. The first-order valence-corrected chi connectivity index (χ1v) is 9.00. The lowest BCUT2D eigenvalue weighted by atomic mass is 10.1. The minimum Gasteiger partial charge on any atom is -0.387 e. The number of anilines is 2. The zero-order valence-electron chi connectivity index (χ0n) is 15.1. The summed E-state index contributed by atoms with van der Waals surface area (Å²) >= 11 is 0. The van der Waals surface area contributed by atoms with Gasteiger partial charge in [-0.1, -0.05) is 13.8 Å². The number of piperidine rings is 1. The van der Waals surface area contributed by atoms with E-state index in [4.69, 9.17) is 4.98 Å². The molecule has 3 heterocycles. The van der Waals surface area contributed by atoms with Crippen LogP contribution < -0.4 is 10.2 Å². The van der Waals surface area contributed by atoms with Crippen LogP contribution in [-0.2, 0) is 4.79 Å². The van der Waals surface area contributed by atoms with Gasteiger partial charge in [0, 0.05) is 36.0 Å². The maximum atomic E-state index is 12.0. The predicted molar refractivity (Wildman–Crippen MR) is 99.7 cm³/mol. The van der Waals surface area contributed by atoms with E-state index in [1.165, 1.54) is 6.42 Å². The second-order valence-corrected chi connectivity index (χ2v) is 7.03. The molecular formula is C19H26N4O2. The fourth-order valence-corrected chi connectivity index (χ4v) is 3.05. The predicted octanol–water partition coefficient (Wildman–Crippen LogP) is 3.27. The van der Waals surface area contributed by atoms with Crippen LogP contribution in [0.5, 0.6) is 0 Å². The molecule has 1 saturated heterocycles. The van der Waals surface area contributed by atoms with Crippen LogP contribution >= 0.6 is 0 Å². The second kappa shape index (κ2) is 7.35. The molecule has 0 aromatic carbocycles. The van der Waals surface area contributed by atoms with Gasteiger partial charge in [0.2, 0.25) is 5.91 Å². The van der Waals surface area contributed by atoms with E-state index in [0.717, 1.165) is 42.5 Å². The lowest BCUT2D eigenvalue weighted by molar-refractivity contribution is -0.118. The maximum absolute atomic E-state index is 12.0. The van der Waals surface area contributed by atoms with Gasteiger partial charge in [-0.2, -0.15) is 0 Å². The van der Waals surface area contributed by atoms with Crippen LogP contribution in [0.1, 0.15) is 51.8 Å². The van der Waals surface area contributed by atoms with E-state index in [1.54, 1.807) is 13.1 Å². The molecule has 6 nitrogen and oxygen atoms in total. The van der Waals surface area contributed by atoms with E-state index in [2.05, 4.69) is 15.2 Å². The number of hydrogen-bond donors (Lipinski definition) is 2. The van der Waals surface area contributed by atoms with Crippen molar-refractivity contribution in [1.29, 1.82) is 0 Å². The summed E-state index contributed by atoms with van der Waals surface area (Å²) in [6.07, 6.45) is 4.63. The number of nitrogens with zero attached hydrogens (tertiary/aromatic N) is 3. The van der Waals surface area contributed by atoms with E-state index >= 15 is 0 Å². The van der Waals surface area contributed by atoms with Gasteiger partial charge in [-0.05, 0) is 38.3 Å². The van der Waals surface area contributed by atoms with E-state index in [0.29, 0.717) is 11.5 Å². The van der Waals surface area contributed by atoms with Crippen LogP contribution in [0.3, 0.4) is 0 Å². The molecule has 1 unspecified atom stereocenters. The summed E-state index contributed by atoms with van der Waals surface area (Å²) in [7, 11) is 0. The molecule has 25 heavy (non-hydrogen) atoms. The smallest absolute Gasteiger partial charge is 0.228 e. The van der Waals surface area contributed by atoms with E-state index in [-0.39, 0.29) is 11.8 Å². The number of amides is 1. The van der Waals surface area contributed by atoms with Gasteiger partial charge in [0.1, 0.15) is 11.6 Å². The highest BCUT2D eigenvalue weighted by Gasteiger charge is 2.19. The van der Waals surface area contributed by atoms with Crippen LogP contribution in [0.4, 0.5) is 11.6 Å². The van der Waals surface area contributed by atoms with Gasteiger partial charge in [-0.25, -0.2) is 9.97 Å². The van der Waals surface area contributed by atoms with E-state index < -0.39 is 6.10 Å². The quantitative estimate of drug-likeness (QED) is 0.891. The third kappa shape index (κ3) is 3.90. The molecule has 0 radical (unpaired) electrons. The van der Waals surface area contributed by atoms with Gasteiger partial charge in [0.25, 0.3) is 0 Å². The number of aliphatic hydroxyl groups excluding tert-OH is 1. The summed E-state index contributed by atoms with van der Waals surface area (Å²) in [5, 5.41) is 14.7. The standard InChI is InChI=1S/C19H26N4O2/c1-12(2)19(25)22-17-10-15-14(11-20-17)9-16(13(3)24)21-18(15)23-7-5-4-6-8-23/h9-13,24H,4-8H2,1-3H3,(H,20,22,25). The van der Waals surface area contributed by atoms with Gasteiger partial charge < -0.3 is 15.3 Å². The molecule has 6 heteroatoms. The number of pyridine rings is 2. The molecule has 1 atom stereocenters. The lowest BCUT2D eigenvalue weighted by Crippen LogP contribution is -2.30. The van der Waals surface area contributed by atoms with Gasteiger partial charge >= 0.3 is 0 Å². The Hall–Kier alpha value is -2.21. The summed E-state index contributed by atoms with van der Waals surface area (Å²) in [5.74, 6) is 1.25. The van der Waals surface area contributed by atoms with Crippen molar-refractivity contribution >= 4 is 28.3 Å². The molecule has 2 aromatic rings. The fourth-order valence-electron chi connectivity index (χ4n) is 3.05. The van der Waals surface area contributed by atoms with Crippen molar-refractivity contribution in [1.82, 2.24) is 9.97 Å². The monoisotopic (exact) mass is 342 g/mol. The molecule has 0 bridgehead atoms. The fraction of sp³-hybridized carbons (Fsp3) is 0.526. The number of carbonyl (C=O) groups excluding carboxylic acids is 1. The van der Waals surface area contributed by atoms with Crippen molar-refractivity contribution in [3.63, 3.8) is 0 Å². The zero-order chi connectivity index (χ0) is 18.0. The Morgan fingerprint density at radius 2 is 1.92 bits per heavy atom. The SMILES string of the molecule is CC(C)C(=O)Nc1cc2c(N3CCCCC3)nc(C(C)O)cc2cn1. The minimum atomic E-state index is -0.631. The van der Waals surface area contributed by atoms with E-state index in [1.807, 2.05) is 26.0 Å². The first kappa shape index (κ1) is 17.6. The molecule has 134 valence electrons. The van der Waals surface area contributed by atoms with Crippen LogP contribution in [0.2, 0.25) is 0 Å². The largest absolute Gasteiger partial charge is 0.387 e. The molecule has 1 aliphatic rings. The van der Waals surface area contributed by atoms with Crippen LogP contribution in [0, 0.1) is 5.92 Å². The molecule has 1 aliphatic heterocycles. The van der Waals surface area contributed by atoms with E-state index in [9.17, 15) is 9.90 Å². The molecule has 2 N–H and O–H groups in total. The molecule has 2 aromatic heterocycles. The summed E-state index contributed by atoms with van der Waals surface area (Å²) in [6.45, 7) is 7.35. The van der Waals surface area contributed by atoms with Crippen LogP contribution in [-0.4, -0.2) is 34.1 Å². The number of aliphatic hydroxyl groups is 1. The molecule has 1 fully saturated rings. The molecule has 0 aliphatic carbocycles. The van der Waals surface area contributed by atoms with Crippen molar-refractivity contribution in [2.24, 2.45) is 5.92 Å². The summed E-state index contributed by atoms with van der Waals surface area (Å²) in [5.41, 5.74) is 0.647. The lowest BCUT2D eigenvalue weighted by Gasteiger charge is -2.29. The van der Waals surface area contributed by atoms with Crippen molar-refractivity contribution in [2.45, 2.75) is 46.1 Å². The highest BCUT2D eigenvalue weighted by atomic mass is 16.3. The van der Waals surface area contributed by atoms with Crippen LogP contribution in [0.25, 0.3) is 10.8 Å². The van der Waals surface area contributed by atoms with Crippen molar-refractivity contribution in [3.8, 4) is 0 Å². The molecule has 3 rings (SSSR count). The highest BCUT2D eigenvalue weighted by molar-refractivity contribution is 5.97. The molecule has 0 spiro atoms. The van der Waals surface area contributed by atoms with Gasteiger partial charge in [-0.3, -0.25) is 4.79 Å². The molecule has 0 saturated carbocycles. The summed E-state index contributed by atoms with van der Waals surface area (Å²) < 4.78 is 0. The Labute approximate surface area is 148 Å². The topological polar surface area (TPSA) is 78.4 Å². The summed E-state index contributed by atoms with van der Waals surface area (Å²) in [4.78, 5) is 23.3. The van der Waals surface area contributed by atoms with Crippen molar-refractivity contribution in [2.75, 3.05) is 23.3 Å². The Bertz CT molecular complexity index is 767. The number of rotatable bonds is 4. The van der Waals surface area contributed by atoms with Crippen molar-refractivity contribution < 1.29 is 9.90 Å². The Kier molecular flexibility index (Phi) is 5.18. The second-order valence-electron chi connectivity index (χ2n) is 7.03.